The molecule has 164 valence electrons. The molecule has 1 amide bonds. The Morgan fingerprint density at radius 3 is 2.38 bits per heavy atom. The van der Waals surface area contributed by atoms with Gasteiger partial charge in [-0.1, -0.05) is 44.2 Å². The third kappa shape index (κ3) is 9.54. The molecule has 8 nitrogen and oxygen atoms in total. The summed E-state index contributed by atoms with van der Waals surface area (Å²) >= 11 is 0. The van der Waals surface area contributed by atoms with Crippen LogP contribution in [0.2, 0.25) is 0 Å². The summed E-state index contributed by atoms with van der Waals surface area (Å²) < 4.78 is 17.9. The molecule has 3 atom stereocenters. The van der Waals surface area contributed by atoms with Gasteiger partial charge in [-0.2, -0.15) is 0 Å². The minimum absolute atomic E-state index is 0.0763. The van der Waals surface area contributed by atoms with Crippen molar-refractivity contribution in [1.82, 2.24) is 5.32 Å². The normalized spacial score (nSPS) is 15.5. The van der Waals surface area contributed by atoms with Gasteiger partial charge in [0, 0.05) is 6.42 Å². The largest absolute Gasteiger partial charge is 0.479 e. The number of hydrogen-bond donors (Lipinski definition) is 4. The Hall–Kier alpha value is -1.73. The second-order valence-corrected chi connectivity index (χ2v) is 9.27. The Balaban J connectivity index is 2.66. The summed E-state index contributed by atoms with van der Waals surface area (Å²) in [7, 11) is -4.41. The maximum atomic E-state index is 12.8. The highest BCUT2D eigenvalue weighted by Crippen LogP contribution is 2.50. The van der Waals surface area contributed by atoms with Crippen LogP contribution in [0, 0.1) is 5.92 Å². The summed E-state index contributed by atoms with van der Waals surface area (Å²) in [5, 5.41) is 11.9. The van der Waals surface area contributed by atoms with Crippen molar-refractivity contribution in [3.63, 3.8) is 0 Å². The molecular weight excluding hydrogens is 395 g/mol. The molecule has 2 unspecified atom stereocenters. The molecule has 0 heterocycles. The van der Waals surface area contributed by atoms with Gasteiger partial charge in [0.05, 0.1) is 0 Å². The van der Waals surface area contributed by atoms with E-state index >= 15 is 0 Å². The molecule has 0 radical (unpaired) electrons. The predicted octanol–water partition coefficient (Wildman–Crippen LogP) is 2.89. The SMILES string of the molecule is CC(C)C(NC(=O)CCCc1ccccc1)P(=O)(O)O[C@@H](CCCCN)C(=O)O. The fourth-order valence-corrected chi connectivity index (χ4v) is 4.66. The van der Waals surface area contributed by atoms with Gasteiger partial charge >= 0.3 is 13.6 Å². The molecule has 0 fully saturated rings. The molecule has 0 aliphatic heterocycles. The number of aryl methyl sites for hydroxylation is 1. The number of aliphatic carboxylic acids is 1. The van der Waals surface area contributed by atoms with E-state index in [9.17, 15) is 24.2 Å². The summed E-state index contributed by atoms with van der Waals surface area (Å²) in [6.45, 7) is 3.74. The minimum atomic E-state index is -4.41. The summed E-state index contributed by atoms with van der Waals surface area (Å²) in [6.07, 6.45) is 1.21. The zero-order valence-corrected chi connectivity index (χ0v) is 18.0. The maximum absolute atomic E-state index is 12.8. The van der Waals surface area contributed by atoms with E-state index in [1.54, 1.807) is 13.8 Å². The first kappa shape index (κ1) is 25.3. The van der Waals surface area contributed by atoms with Crippen molar-refractivity contribution in [3.8, 4) is 0 Å². The number of nitrogens with two attached hydrogens (primary N) is 1. The number of carbonyl (C=O) groups excluding carboxylic acids is 1. The summed E-state index contributed by atoms with van der Waals surface area (Å²) in [5.41, 5.74) is 6.51. The van der Waals surface area contributed by atoms with Gasteiger partial charge in [-0.15, -0.1) is 0 Å². The Bertz CT molecular complexity index is 683. The van der Waals surface area contributed by atoms with E-state index in [1.807, 2.05) is 30.3 Å². The van der Waals surface area contributed by atoms with Gasteiger partial charge in [-0.25, -0.2) is 4.79 Å². The second kappa shape index (κ2) is 12.8. The molecular formula is C20H33N2O6P. The molecule has 1 aromatic rings. The highest BCUT2D eigenvalue weighted by molar-refractivity contribution is 7.53. The zero-order valence-electron chi connectivity index (χ0n) is 17.1. The van der Waals surface area contributed by atoms with E-state index < -0.39 is 31.4 Å². The lowest BCUT2D eigenvalue weighted by Crippen LogP contribution is -2.40. The van der Waals surface area contributed by atoms with E-state index in [1.165, 1.54) is 0 Å². The smallest absolute Gasteiger partial charge is 0.351 e. The van der Waals surface area contributed by atoms with E-state index in [2.05, 4.69) is 5.32 Å². The molecule has 0 spiro atoms. The lowest BCUT2D eigenvalue weighted by Gasteiger charge is -2.28. The van der Waals surface area contributed by atoms with Crippen molar-refractivity contribution in [2.24, 2.45) is 11.7 Å². The van der Waals surface area contributed by atoms with Crippen molar-refractivity contribution in [3.05, 3.63) is 35.9 Å². The first-order valence-corrected chi connectivity index (χ1v) is 11.6. The highest BCUT2D eigenvalue weighted by atomic mass is 31.2. The Morgan fingerprint density at radius 1 is 1.17 bits per heavy atom. The minimum Gasteiger partial charge on any atom is -0.479 e. The molecule has 29 heavy (non-hydrogen) atoms. The molecule has 5 N–H and O–H groups in total. The first-order valence-electron chi connectivity index (χ1n) is 9.94. The fraction of sp³-hybridized carbons (Fsp3) is 0.600. The summed E-state index contributed by atoms with van der Waals surface area (Å²) in [6, 6.07) is 9.72. The third-order valence-electron chi connectivity index (χ3n) is 4.48. The van der Waals surface area contributed by atoms with E-state index in [4.69, 9.17) is 10.3 Å². The van der Waals surface area contributed by atoms with Gasteiger partial charge in [0.15, 0.2) is 6.10 Å². The van der Waals surface area contributed by atoms with Gasteiger partial charge in [-0.05, 0) is 50.1 Å². The average Bonchev–Trinajstić information content (AvgIpc) is 2.65. The Labute approximate surface area is 172 Å². The molecule has 0 bridgehead atoms. The Morgan fingerprint density at radius 2 is 1.83 bits per heavy atom. The van der Waals surface area contributed by atoms with Gasteiger partial charge in [0.2, 0.25) is 5.91 Å². The van der Waals surface area contributed by atoms with Crippen molar-refractivity contribution in [1.29, 1.82) is 0 Å². The molecule has 9 heteroatoms. The number of unbranched alkanes of at least 4 members (excludes halogenated alkanes) is 1. The van der Waals surface area contributed by atoms with Crippen molar-refractivity contribution in [2.45, 2.75) is 64.3 Å². The van der Waals surface area contributed by atoms with Gasteiger partial charge in [-0.3, -0.25) is 13.9 Å². The van der Waals surface area contributed by atoms with Crippen LogP contribution in [-0.4, -0.2) is 40.3 Å². The number of carboxylic acid groups (broad SMARTS) is 1. The van der Waals surface area contributed by atoms with Crippen LogP contribution < -0.4 is 11.1 Å². The Kier molecular flexibility index (Phi) is 11.1. The number of amides is 1. The number of carboxylic acids is 1. The monoisotopic (exact) mass is 428 g/mol. The topological polar surface area (TPSA) is 139 Å². The molecule has 1 aromatic carbocycles. The molecule has 0 aliphatic rings. The summed E-state index contributed by atoms with van der Waals surface area (Å²) in [4.78, 5) is 34.1. The van der Waals surface area contributed by atoms with Crippen LogP contribution in [0.3, 0.4) is 0 Å². The lowest BCUT2D eigenvalue weighted by atomic mass is 10.1. The third-order valence-corrected chi connectivity index (χ3v) is 6.46. The standard InChI is InChI=1S/C20H33N2O6P/c1-15(2)19(22-18(23)13-8-11-16-9-4-3-5-10-16)29(26,27)28-17(20(24)25)12-6-7-14-21/h3-5,9-10,15,17,19H,6-8,11-14,21H2,1-2H3,(H,22,23)(H,24,25)(H,26,27)/t17-,19?/m0/s1. The molecule has 0 aromatic heterocycles. The molecule has 0 saturated heterocycles. The molecule has 0 saturated carbocycles. The maximum Gasteiger partial charge on any atom is 0.351 e. The quantitative estimate of drug-likeness (QED) is 0.264. The van der Waals surface area contributed by atoms with E-state index in [-0.39, 0.29) is 18.7 Å². The first-order chi connectivity index (χ1) is 13.7. The number of rotatable bonds is 14. The molecule has 1 rings (SSSR count). The van der Waals surface area contributed by atoms with Crippen LogP contribution in [0.1, 0.15) is 51.5 Å². The van der Waals surface area contributed by atoms with Crippen LogP contribution in [-0.2, 0) is 25.1 Å². The van der Waals surface area contributed by atoms with Crippen molar-refractivity contribution in [2.75, 3.05) is 6.54 Å². The number of nitrogens with one attached hydrogen (secondary N) is 1. The van der Waals surface area contributed by atoms with Gasteiger partial charge in [0.1, 0.15) is 5.78 Å². The van der Waals surface area contributed by atoms with Crippen LogP contribution in [0.5, 0.6) is 0 Å². The van der Waals surface area contributed by atoms with E-state index in [0.29, 0.717) is 25.8 Å². The van der Waals surface area contributed by atoms with Crippen LogP contribution in [0.4, 0.5) is 0 Å². The summed E-state index contributed by atoms with van der Waals surface area (Å²) in [5.74, 6) is -3.27. The van der Waals surface area contributed by atoms with Crippen LogP contribution in [0.25, 0.3) is 0 Å². The average molecular weight is 428 g/mol. The predicted molar refractivity (Wildman–Crippen MR) is 111 cm³/mol. The van der Waals surface area contributed by atoms with Gasteiger partial charge in [0.25, 0.3) is 0 Å². The number of carbonyl (C=O) groups is 2. The van der Waals surface area contributed by atoms with Crippen molar-refractivity contribution >= 4 is 19.5 Å². The van der Waals surface area contributed by atoms with Crippen LogP contribution >= 0.6 is 7.60 Å². The van der Waals surface area contributed by atoms with Crippen LogP contribution in [0.15, 0.2) is 30.3 Å². The zero-order chi connectivity index (χ0) is 21.9. The fourth-order valence-electron chi connectivity index (χ4n) is 2.90. The lowest BCUT2D eigenvalue weighted by molar-refractivity contribution is -0.145. The van der Waals surface area contributed by atoms with Crippen molar-refractivity contribution < 1.29 is 28.7 Å². The highest BCUT2D eigenvalue weighted by Gasteiger charge is 2.40. The molecule has 0 aliphatic carbocycles. The number of benzene rings is 1. The number of hydrogen-bond acceptors (Lipinski definition) is 5. The second-order valence-electron chi connectivity index (χ2n) is 7.38. The van der Waals surface area contributed by atoms with Gasteiger partial charge < -0.3 is 21.1 Å². The van der Waals surface area contributed by atoms with E-state index in [0.717, 1.165) is 12.0 Å².